The lowest BCUT2D eigenvalue weighted by Crippen LogP contribution is -2.21. The molecule has 2 N–H and O–H groups in total. The smallest absolute Gasteiger partial charge is 0.416 e. The maximum atomic E-state index is 13.2. The molecule has 0 aliphatic rings. The Morgan fingerprint density at radius 1 is 1.03 bits per heavy atom. The summed E-state index contributed by atoms with van der Waals surface area (Å²) in [4.78, 5) is 29.0. The summed E-state index contributed by atoms with van der Waals surface area (Å²) in [6.45, 7) is 0. The monoisotopic (exact) mass is 452 g/mol. The van der Waals surface area contributed by atoms with Crippen molar-refractivity contribution in [3.8, 4) is 11.6 Å². The first-order valence-corrected chi connectivity index (χ1v) is 9.55. The van der Waals surface area contributed by atoms with E-state index in [-0.39, 0.29) is 16.6 Å². The highest BCUT2D eigenvalue weighted by Crippen LogP contribution is 2.32. The van der Waals surface area contributed by atoms with Gasteiger partial charge in [0, 0.05) is 28.7 Å². The number of hydrogen-bond acceptors (Lipinski definition) is 5. The molecule has 166 valence electrons. The molecule has 4 rings (SSSR count). The quantitative estimate of drug-likeness (QED) is 0.363. The number of aromatic nitrogens is 2. The van der Waals surface area contributed by atoms with Gasteiger partial charge in [-0.1, -0.05) is 24.3 Å². The highest BCUT2D eigenvalue weighted by molar-refractivity contribution is 6.02. The van der Waals surface area contributed by atoms with Crippen LogP contribution in [0.1, 0.15) is 21.5 Å². The van der Waals surface area contributed by atoms with Crippen LogP contribution in [0.15, 0.2) is 83.0 Å². The number of alkyl halides is 3. The molecule has 2 heterocycles. The van der Waals surface area contributed by atoms with Gasteiger partial charge in [0.25, 0.3) is 11.5 Å². The van der Waals surface area contributed by atoms with Crippen LogP contribution in [-0.4, -0.2) is 26.8 Å². The highest BCUT2D eigenvalue weighted by atomic mass is 19.4. The van der Waals surface area contributed by atoms with Gasteiger partial charge in [-0.2, -0.15) is 18.3 Å². The molecule has 0 fully saturated rings. The molecule has 33 heavy (non-hydrogen) atoms. The van der Waals surface area contributed by atoms with Crippen molar-refractivity contribution in [2.24, 2.45) is 5.10 Å². The van der Waals surface area contributed by atoms with E-state index in [0.717, 1.165) is 29.0 Å². The topological polar surface area (TPSA) is 96.6 Å². The Hall–Kier alpha value is -4.47. The molecule has 0 spiro atoms. The van der Waals surface area contributed by atoms with Crippen LogP contribution in [0.2, 0.25) is 0 Å². The number of nitrogens with one attached hydrogen (secondary N) is 1. The van der Waals surface area contributed by atoms with E-state index in [9.17, 15) is 27.9 Å². The average Bonchev–Trinajstić information content (AvgIpc) is 2.81. The molecule has 10 heteroatoms. The Labute approximate surface area is 184 Å². The Bertz CT molecular complexity index is 1430. The van der Waals surface area contributed by atoms with E-state index in [0.29, 0.717) is 10.9 Å². The molecule has 2 aromatic carbocycles. The van der Waals surface area contributed by atoms with E-state index >= 15 is 0 Å². The second kappa shape index (κ2) is 8.58. The van der Waals surface area contributed by atoms with Crippen molar-refractivity contribution in [2.45, 2.75) is 6.18 Å². The van der Waals surface area contributed by atoms with E-state index in [1.54, 1.807) is 18.2 Å². The van der Waals surface area contributed by atoms with Gasteiger partial charge in [-0.05, 0) is 36.4 Å². The third-order valence-corrected chi connectivity index (χ3v) is 4.84. The third-order valence-electron chi connectivity index (χ3n) is 4.84. The van der Waals surface area contributed by atoms with Gasteiger partial charge >= 0.3 is 6.18 Å². The van der Waals surface area contributed by atoms with Crippen LogP contribution in [0.4, 0.5) is 13.2 Å². The minimum absolute atomic E-state index is 0.0395. The second-order valence-corrected chi connectivity index (χ2v) is 6.91. The van der Waals surface area contributed by atoms with Crippen molar-refractivity contribution in [2.75, 3.05) is 0 Å². The fourth-order valence-electron chi connectivity index (χ4n) is 3.27. The molecule has 1 amide bonds. The van der Waals surface area contributed by atoms with Gasteiger partial charge in [0.2, 0.25) is 5.88 Å². The summed E-state index contributed by atoms with van der Waals surface area (Å²) in [5, 5.41) is 15.2. The van der Waals surface area contributed by atoms with Crippen molar-refractivity contribution in [3.63, 3.8) is 0 Å². The van der Waals surface area contributed by atoms with Crippen molar-refractivity contribution in [1.82, 2.24) is 15.0 Å². The number of carbonyl (C=O) groups excluding carboxylic acids is 1. The van der Waals surface area contributed by atoms with Gasteiger partial charge in [-0.25, -0.2) is 9.99 Å². The predicted octanol–water partition coefficient (Wildman–Crippen LogP) is 3.87. The maximum absolute atomic E-state index is 13.2. The average molecular weight is 452 g/mol. The first-order valence-electron chi connectivity index (χ1n) is 9.55. The van der Waals surface area contributed by atoms with Gasteiger partial charge < -0.3 is 5.11 Å². The van der Waals surface area contributed by atoms with Crippen LogP contribution in [0.5, 0.6) is 5.88 Å². The zero-order chi connectivity index (χ0) is 23.6. The summed E-state index contributed by atoms with van der Waals surface area (Å²) in [6.07, 6.45) is -0.639. The number of amides is 1. The number of hydrazone groups is 1. The largest absolute Gasteiger partial charge is 0.494 e. The lowest BCUT2D eigenvalue weighted by Gasteiger charge is -2.15. The van der Waals surface area contributed by atoms with E-state index in [4.69, 9.17) is 0 Å². The molecule has 0 unspecified atom stereocenters. The van der Waals surface area contributed by atoms with Crippen LogP contribution < -0.4 is 11.0 Å². The summed E-state index contributed by atoms with van der Waals surface area (Å²) in [7, 11) is 0. The lowest BCUT2D eigenvalue weighted by atomic mass is 10.1. The lowest BCUT2D eigenvalue weighted by molar-refractivity contribution is -0.137. The molecular formula is C23H15F3N4O3. The standard InChI is InChI=1S/C23H15F3N4O3/c24-23(25,26)15-4-3-5-16(12-15)30-21(32)18-7-2-1-6-17(18)19(22(30)33)13-28-29-20(31)14-8-10-27-11-9-14/h1-13,33H,(H,29,31)/b28-13+. The minimum atomic E-state index is -4.63. The molecule has 0 atom stereocenters. The molecule has 0 radical (unpaired) electrons. The summed E-state index contributed by atoms with van der Waals surface area (Å²) in [6, 6.07) is 13.3. The molecule has 7 nitrogen and oxygen atoms in total. The maximum Gasteiger partial charge on any atom is 0.416 e. The van der Waals surface area contributed by atoms with Gasteiger partial charge in [-0.3, -0.25) is 14.6 Å². The minimum Gasteiger partial charge on any atom is -0.494 e. The van der Waals surface area contributed by atoms with Crippen LogP contribution in [0.25, 0.3) is 16.5 Å². The summed E-state index contributed by atoms with van der Waals surface area (Å²) < 4.78 is 40.3. The number of rotatable bonds is 4. The van der Waals surface area contributed by atoms with Crippen molar-refractivity contribution >= 4 is 22.9 Å². The Morgan fingerprint density at radius 3 is 2.42 bits per heavy atom. The number of hydrogen-bond donors (Lipinski definition) is 2. The van der Waals surface area contributed by atoms with E-state index in [1.165, 1.54) is 36.7 Å². The molecule has 0 saturated carbocycles. The van der Waals surface area contributed by atoms with Crippen molar-refractivity contribution < 1.29 is 23.1 Å². The molecule has 0 aliphatic carbocycles. The molecule has 0 saturated heterocycles. The normalized spacial score (nSPS) is 11.7. The van der Waals surface area contributed by atoms with Crippen LogP contribution in [0, 0.1) is 0 Å². The molecule has 0 aliphatic heterocycles. The Morgan fingerprint density at radius 2 is 1.73 bits per heavy atom. The first-order chi connectivity index (χ1) is 15.8. The van der Waals surface area contributed by atoms with Gasteiger partial charge in [0.15, 0.2) is 0 Å². The number of fused-ring (bicyclic) bond motifs is 1. The number of carbonyl (C=O) groups is 1. The van der Waals surface area contributed by atoms with Gasteiger partial charge in [-0.15, -0.1) is 0 Å². The Balaban J connectivity index is 1.82. The number of aromatic hydroxyl groups is 1. The third kappa shape index (κ3) is 4.31. The number of pyridine rings is 2. The van der Waals surface area contributed by atoms with E-state index in [2.05, 4.69) is 15.5 Å². The summed E-state index contributed by atoms with van der Waals surface area (Å²) >= 11 is 0. The van der Waals surface area contributed by atoms with Gasteiger partial charge in [0.05, 0.1) is 23.0 Å². The van der Waals surface area contributed by atoms with Crippen LogP contribution >= 0.6 is 0 Å². The van der Waals surface area contributed by atoms with E-state index in [1.807, 2.05) is 0 Å². The fourth-order valence-corrected chi connectivity index (χ4v) is 3.27. The highest BCUT2D eigenvalue weighted by Gasteiger charge is 2.31. The van der Waals surface area contributed by atoms with Gasteiger partial charge in [0.1, 0.15) is 0 Å². The zero-order valence-corrected chi connectivity index (χ0v) is 16.7. The second-order valence-electron chi connectivity index (χ2n) is 6.91. The van der Waals surface area contributed by atoms with E-state index < -0.39 is 29.1 Å². The molecule has 2 aromatic heterocycles. The van der Waals surface area contributed by atoms with Crippen LogP contribution in [-0.2, 0) is 6.18 Å². The number of nitrogens with zero attached hydrogens (tertiary/aromatic N) is 3. The molecular weight excluding hydrogens is 437 g/mol. The molecule has 0 bridgehead atoms. The first kappa shape index (κ1) is 21.8. The fraction of sp³-hybridized carbons (Fsp3) is 0.0435. The predicted molar refractivity (Wildman–Crippen MR) is 116 cm³/mol. The zero-order valence-electron chi connectivity index (χ0n) is 16.7. The SMILES string of the molecule is O=C(N/N=C/c1c(O)n(-c2cccc(C(F)(F)F)c2)c(=O)c2ccccc12)c1ccncc1. The van der Waals surface area contributed by atoms with Crippen molar-refractivity contribution in [3.05, 3.63) is 100 Å². The number of benzene rings is 2. The number of halogens is 3. The summed E-state index contributed by atoms with van der Waals surface area (Å²) in [5.41, 5.74) is 0.780. The van der Waals surface area contributed by atoms with Crippen LogP contribution in [0.3, 0.4) is 0 Å². The van der Waals surface area contributed by atoms with Crippen molar-refractivity contribution in [1.29, 1.82) is 0 Å². The Kier molecular flexibility index (Phi) is 5.65. The summed E-state index contributed by atoms with van der Waals surface area (Å²) in [5.74, 6) is -1.16. The molecule has 4 aromatic rings.